The van der Waals surface area contributed by atoms with Gasteiger partial charge in [-0.3, -0.25) is 9.89 Å². The van der Waals surface area contributed by atoms with E-state index in [1.54, 1.807) is 48.5 Å². The zero-order valence-corrected chi connectivity index (χ0v) is 14.9. The van der Waals surface area contributed by atoms with Crippen molar-refractivity contribution >= 4 is 46.9 Å². The Morgan fingerprint density at radius 2 is 1.80 bits per heavy atom. The number of nitrogens with zero attached hydrogens (tertiary/aromatic N) is 2. The van der Waals surface area contributed by atoms with Gasteiger partial charge in [-0.15, -0.1) is 0 Å². The molecular weight excluding hydrogens is 383 g/mol. The molecule has 0 aliphatic heterocycles. The Morgan fingerprint density at radius 3 is 2.52 bits per heavy atom. The van der Waals surface area contributed by atoms with Crippen molar-refractivity contribution in [2.75, 3.05) is 0 Å². The third-order valence-electron chi connectivity index (χ3n) is 3.29. The molecule has 0 spiro atoms. The lowest BCUT2D eigenvalue weighted by molar-refractivity contribution is 0.0950. The zero-order chi connectivity index (χ0) is 17.8. The molecular formula is C17H11Cl3N4O. The van der Waals surface area contributed by atoms with Gasteiger partial charge in [0.25, 0.3) is 5.91 Å². The van der Waals surface area contributed by atoms with Crippen LogP contribution in [0.15, 0.2) is 53.6 Å². The second-order valence-electron chi connectivity index (χ2n) is 5.05. The van der Waals surface area contributed by atoms with Gasteiger partial charge in [-0.1, -0.05) is 53.0 Å². The first-order valence-electron chi connectivity index (χ1n) is 7.13. The molecule has 0 unspecified atom stereocenters. The first kappa shape index (κ1) is 17.5. The van der Waals surface area contributed by atoms with Crippen LogP contribution in [0.3, 0.4) is 0 Å². The quantitative estimate of drug-likeness (QED) is 0.494. The van der Waals surface area contributed by atoms with Crippen LogP contribution in [-0.4, -0.2) is 22.3 Å². The van der Waals surface area contributed by atoms with E-state index in [0.717, 1.165) is 11.1 Å². The molecule has 126 valence electrons. The number of nitrogens with one attached hydrogen (secondary N) is 2. The second kappa shape index (κ2) is 7.70. The molecule has 1 heterocycles. The summed E-state index contributed by atoms with van der Waals surface area (Å²) < 4.78 is 0. The highest BCUT2D eigenvalue weighted by atomic mass is 35.5. The Morgan fingerprint density at radius 1 is 1.04 bits per heavy atom. The van der Waals surface area contributed by atoms with E-state index >= 15 is 0 Å². The van der Waals surface area contributed by atoms with E-state index in [9.17, 15) is 4.79 Å². The predicted molar refractivity (Wildman–Crippen MR) is 101 cm³/mol. The molecule has 0 radical (unpaired) electrons. The molecule has 0 fully saturated rings. The first-order valence-corrected chi connectivity index (χ1v) is 8.26. The number of halogens is 3. The maximum atomic E-state index is 12.1. The molecule has 2 N–H and O–H groups in total. The Bertz CT molecular complexity index is 935. The molecule has 0 aliphatic carbocycles. The smallest absolute Gasteiger partial charge is 0.272 e. The van der Waals surface area contributed by atoms with Gasteiger partial charge in [-0.25, -0.2) is 5.43 Å². The van der Waals surface area contributed by atoms with Crippen molar-refractivity contribution < 1.29 is 4.79 Å². The van der Waals surface area contributed by atoms with Gasteiger partial charge in [0.15, 0.2) is 0 Å². The Hall–Kier alpha value is -2.34. The third kappa shape index (κ3) is 4.39. The summed E-state index contributed by atoms with van der Waals surface area (Å²) in [5.41, 5.74) is 4.83. The fourth-order valence-electron chi connectivity index (χ4n) is 2.02. The summed E-state index contributed by atoms with van der Waals surface area (Å²) in [6.45, 7) is 0. The molecule has 1 aromatic heterocycles. The number of benzene rings is 2. The summed E-state index contributed by atoms with van der Waals surface area (Å²) in [6, 6.07) is 13.8. The van der Waals surface area contributed by atoms with E-state index in [0.29, 0.717) is 20.8 Å². The molecule has 0 atom stereocenters. The number of H-pyrrole nitrogens is 1. The van der Waals surface area contributed by atoms with Gasteiger partial charge >= 0.3 is 0 Å². The molecule has 25 heavy (non-hydrogen) atoms. The van der Waals surface area contributed by atoms with Crippen LogP contribution < -0.4 is 5.43 Å². The van der Waals surface area contributed by atoms with Crippen LogP contribution in [0.5, 0.6) is 0 Å². The SMILES string of the molecule is O=C(NN=Cc1ccc(Cl)cc1)c1cc(-c2ccc(Cl)c(Cl)c2)n[nH]1. The van der Waals surface area contributed by atoms with Crippen LogP contribution in [-0.2, 0) is 0 Å². The van der Waals surface area contributed by atoms with E-state index in [2.05, 4.69) is 20.7 Å². The molecule has 0 aliphatic rings. The molecule has 1 amide bonds. The molecule has 0 saturated heterocycles. The lowest BCUT2D eigenvalue weighted by Gasteiger charge is -1.99. The molecule has 2 aromatic carbocycles. The minimum absolute atomic E-state index is 0.273. The van der Waals surface area contributed by atoms with Crippen LogP contribution in [0.1, 0.15) is 16.1 Å². The number of aromatic amines is 1. The molecule has 8 heteroatoms. The lowest BCUT2D eigenvalue weighted by atomic mass is 10.1. The largest absolute Gasteiger partial charge is 0.289 e. The maximum absolute atomic E-state index is 12.1. The van der Waals surface area contributed by atoms with Crippen LogP contribution in [0.4, 0.5) is 0 Å². The van der Waals surface area contributed by atoms with Crippen molar-refractivity contribution in [1.29, 1.82) is 0 Å². The summed E-state index contributed by atoms with van der Waals surface area (Å²) >= 11 is 17.7. The highest BCUT2D eigenvalue weighted by Gasteiger charge is 2.11. The first-order chi connectivity index (χ1) is 12.0. The van der Waals surface area contributed by atoms with Gasteiger partial charge in [0.05, 0.1) is 22.0 Å². The molecule has 0 saturated carbocycles. The van der Waals surface area contributed by atoms with E-state index in [1.165, 1.54) is 6.21 Å². The van der Waals surface area contributed by atoms with Crippen molar-refractivity contribution in [3.05, 3.63) is 74.9 Å². The van der Waals surface area contributed by atoms with Crippen molar-refractivity contribution in [2.24, 2.45) is 5.10 Å². The van der Waals surface area contributed by atoms with Crippen molar-refractivity contribution in [3.63, 3.8) is 0 Å². The molecule has 5 nitrogen and oxygen atoms in total. The number of rotatable bonds is 4. The second-order valence-corrected chi connectivity index (χ2v) is 6.30. The topological polar surface area (TPSA) is 70.1 Å². The van der Waals surface area contributed by atoms with E-state index in [4.69, 9.17) is 34.8 Å². The van der Waals surface area contributed by atoms with Crippen LogP contribution in [0.2, 0.25) is 15.1 Å². The van der Waals surface area contributed by atoms with E-state index in [1.807, 2.05) is 0 Å². The summed E-state index contributed by atoms with van der Waals surface area (Å²) in [4.78, 5) is 12.1. The Kier molecular flexibility index (Phi) is 5.38. The number of aromatic nitrogens is 2. The number of carbonyl (C=O) groups excluding carboxylic acids is 1. The molecule has 0 bridgehead atoms. The maximum Gasteiger partial charge on any atom is 0.289 e. The predicted octanol–water partition coefficient (Wildman–Crippen LogP) is 4.80. The van der Waals surface area contributed by atoms with Gasteiger partial charge in [-0.05, 0) is 35.9 Å². The minimum atomic E-state index is -0.413. The van der Waals surface area contributed by atoms with Gasteiger partial charge in [0, 0.05) is 10.6 Å². The number of amides is 1. The van der Waals surface area contributed by atoms with E-state index in [-0.39, 0.29) is 5.69 Å². The standard InChI is InChI=1S/C17H11Cl3N4O/c18-12-4-1-10(2-5-12)9-21-24-17(25)16-8-15(22-23-16)11-3-6-13(19)14(20)7-11/h1-9H,(H,22,23)(H,24,25). The van der Waals surface area contributed by atoms with Crippen LogP contribution in [0, 0.1) is 0 Å². The average molecular weight is 394 g/mol. The zero-order valence-electron chi connectivity index (χ0n) is 12.6. The fraction of sp³-hybridized carbons (Fsp3) is 0. The van der Waals surface area contributed by atoms with Crippen LogP contribution in [0.25, 0.3) is 11.3 Å². The highest BCUT2D eigenvalue weighted by Crippen LogP contribution is 2.27. The highest BCUT2D eigenvalue weighted by molar-refractivity contribution is 6.42. The summed E-state index contributed by atoms with van der Waals surface area (Å²) in [7, 11) is 0. The van der Waals surface area contributed by atoms with Gasteiger partial charge in [0.2, 0.25) is 0 Å². The minimum Gasteiger partial charge on any atom is -0.272 e. The monoisotopic (exact) mass is 392 g/mol. The van der Waals surface area contributed by atoms with Crippen LogP contribution >= 0.6 is 34.8 Å². The van der Waals surface area contributed by atoms with Gasteiger partial charge < -0.3 is 0 Å². The fourth-order valence-corrected chi connectivity index (χ4v) is 2.44. The third-order valence-corrected chi connectivity index (χ3v) is 4.28. The summed E-state index contributed by atoms with van der Waals surface area (Å²) in [6.07, 6.45) is 1.52. The van der Waals surface area contributed by atoms with E-state index < -0.39 is 5.91 Å². The number of carbonyl (C=O) groups is 1. The number of hydrogen-bond acceptors (Lipinski definition) is 3. The van der Waals surface area contributed by atoms with Crippen molar-refractivity contribution in [2.45, 2.75) is 0 Å². The number of hydrazone groups is 1. The Labute approximate surface area is 158 Å². The van der Waals surface area contributed by atoms with Gasteiger partial charge in [-0.2, -0.15) is 10.2 Å². The average Bonchev–Trinajstić information content (AvgIpc) is 3.09. The lowest BCUT2D eigenvalue weighted by Crippen LogP contribution is -2.17. The summed E-state index contributed by atoms with van der Waals surface area (Å²) in [5.74, 6) is -0.413. The van der Waals surface area contributed by atoms with Crippen molar-refractivity contribution in [3.8, 4) is 11.3 Å². The normalized spacial score (nSPS) is 11.0. The molecule has 3 rings (SSSR count). The number of hydrogen-bond donors (Lipinski definition) is 2. The van der Waals surface area contributed by atoms with Gasteiger partial charge in [0.1, 0.15) is 5.69 Å². The van der Waals surface area contributed by atoms with Crippen molar-refractivity contribution in [1.82, 2.24) is 15.6 Å². The molecule has 3 aromatic rings. The summed E-state index contributed by atoms with van der Waals surface area (Å²) in [5, 5.41) is 12.2. The Balaban J connectivity index is 1.68.